The Labute approximate surface area is 179 Å². The van der Waals surface area contributed by atoms with Crippen molar-refractivity contribution >= 4 is 33.3 Å². The average Bonchev–Trinajstić information content (AvgIpc) is 3.29. The van der Waals surface area contributed by atoms with Gasteiger partial charge in [0.15, 0.2) is 0 Å². The summed E-state index contributed by atoms with van der Waals surface area (Å²) in [4.78, 5) is 17.0. The molecule has 2 aromatic carbocycles. The molecule has 30 heavy (non-hydrogen) atoms. The first-order valence-corrected chi connectivity index (χ1v) is 10.7. The van der Waals surface area contributed by atoms with Gasteiger partial charge in [0.2, 0.25) is 0 Å². The van der Waals surface area contributed by atoms with Crippen molar-refractivity contribution in [1.82, 2.24) is 14.8 Å². The SMILES string of the molecule is CCn1ncc2cc(COC(=O)Nc3sc(-c4ccc(C)cc4C)nc3C)ccc21. The first-order chi connectivity index (χ1) is 14.4. The Morgan fingerprint density at radius 2 is 2.00 bits per heavy atom. The second-order valence-electron chi connectivity index (χ2n) is 7.31. The molecule has 1 N–H and O–H groups in total. The molecule has 0 aliphatic carbocycles. The summed E-state index contributed by atoms with van der Waals surface area (Å²) in [5.41, 5.74) is 6.23. The van der Waals surface area contributed by atoms with Gasteiger partial charge in [-0.25, -0.2) is 9.78 Å². The Kier molecular flexibility index (Phi) is 5.55. The lowest BCUT2D eigenvalue weighted by Gasteiger charge is -2.06. The Morgan fingerprint density at radius 3 is 2.77 bits per heavy atom. The first-order valence-electron chi connectivity index (χ1n) is 9.88. The van der Waals surface area contributed by atoms with Gasteiger partial charge in [0.1, 0.15) is 16.6 Å². The number of aromatic nitrogens is 3. The molecule has 0 saturated carbocycles. The summed E-state index contributed by atoms with van der Waals surface area (Å²) in [6.07, 6.45) is 1.34. The number of carbonyl (C=O) groups is 1. The van der Waals surface area contributed by atoms with E-state index in [-0.39, 0.29) is 6.61 Å². The highest BCUT2D eigenvalue weighted by Gasteiger charge is 2.14. The normalized spacial score (nSPS) is 11.1. The number of nitrogens with one attached hydrogen (secondary N) is 1. The largest absolute Gasteiger partial charge is 0.444 e. The van der Waals surface area contributed by atoms with Crippen LogP contribution in [0.1, 0.15) is 29.3 Å². The maximum atomic E-state index is 12.3. The fourth-order valence-corrected chi connectivity index (χ4v) is 4.48. The van der Waals surface area contributed by atoms with Crippen LogP contribution in [0.5, 0.6) is 0 Å². The molecule has 0 fully saturated rings. The van der Waals surface area contributed by atoms with E-state index in [4.69, 9.17) is 4.74 Å². The molecule has 2 heterocycles. The number of rotatable bonds is 5. The number of thiazole rings is 1. The maximum Gasteiger partial charge on any atom is 0.412 e. The van der Waals surface area contributed by atoms with Crippen molar-refractivity contribution in [2.24, 2.45) is 0 Å². The van der Waals surface area contributed by atoms with E-state index >= 15 is 0 Å². The van der Waals surface area contributed by atoms with Crippen LogP contribution in [-0.4, -0.2) is 20.9 Å². The predicted molar refractivity (Wildman–Crippen MR) is 121 cm³/mol. The van der Waals surface area contributed by atoms with Gasteiger partial charge in [-0.2, -0.15) is 5.10 Å². The van der Waals surface area contributed by atoms with Crippen LogP contribution >= 0.6 is 11.3 Å². The van der Waals surface area contributed by atoms with Crippen molar-refractivity contribution in [2.75, 3.05) is 5.32 Å². The molecule has 0 unspecified atom stereocenters. The monoisotopic (exact) mass is 420 g/mol. The Balaban J connectivity index is 1.42. The zero-order chi connectivity index (χ0) is 21.3. The summed E-state index contributed by atoms with van der Waals surface area (Å²) < 4.78 is 7.36. The lowest BCUT2D eigenvalue weighted by molar-refractivity contribution is 0.155. The summed E-state index contributed by atoms with van der Waals surface area (Å²) in [5.74, 6) is 0. The number of fused-ring (bicyclic) bond motifs is 1. The van der Waals surface area contributed by atoms with E-state index < -0.39 is 6.09 Å². The van der Waals surface area contributed by atoms with Crippen molar-refractivity contribution < 1.29 is 9.53 Å². The van der Waals surface area contributed by atoms with Crippen molar-refractivity contribution in [1.29, 1.82) is 0 Å². The molecule has 2 aromatic heterocycles. The lowest BCUT2D eigenvalue weighted by Crippen LogP contribution is -2.13. The fourth-order valence-electron chi connectivity index (χ4n) is 3.44. The predicted octanol–water partition coefficient (Wildman–Crippen LogP) is 5.85. The molecule has 0 aliphatic rings. The van der Waals surface area contributed by atoms with E-state index in [1.807, 2.05) is 36.0 Å². The van der Waals surface area contributed by atoms with E-state index in [9.17, 15) is 4.79 Å². The summed E-state index contributed by atoms with van der Waals surface area (Å²) in [5, 5.41) is 9.80. The molecule has 0 atom stereocenters. The number of benzene rings is 2. The van der Waals surface area contributed by atoms with Crippen molar-refractivity contribution in [3.05, 3.63) is 65.0 Å². The molecule has 4 rings (SSSR count). The number of hydrogen-bond donors (Lipinski definition) is 1. The third-order valence-electron chi connectivity index (χ3n) is 5.00. The average molecular weight is 421 g/mol. The number of ether oxygens (including phenoxy) is 1. The number of nitrogens with zero attached hydrogens (tertiary/aromatic N) is 3. The number of anilines is 1. The van der Waals surface area contributed by atoms with Crippen LogP contribution < -0.4 is 5.32 Å². The van der Waals surface area contributed by atoms with Crippen LogP contribution in [-0.2, 0) is 17.9 Å². The molecule has 0 aliphatic heterocycles. The molecule has 6 nitrogen and oxygen atoms in total. The van der Waals surface area contributed by atoms with Gasteiger partial charge in [-0.15, -0.1) is 0 Å². The van der Waals surface area contributed by atoms with E-state index in [1.165, 1.54) is 22.5 Å². The second-order valence-corrected chi connectivity index (χ2v) is 8.31. The molecule has 7 heteroatoms. The third kappa shape index (κ3) is 4.07. The van der Waals surface area contributed by atoms with E-state index in [2.05, 4.69) is 54.4 Å². The van der Waals surface area contributed by atoms with Crippen molar-refractivity contribution in [3.63, 3.8) is 0 Å². The van der Waals surface area contributed by atoms with Crippen LogP contribution in [0.2, 0.25) is 0 Å². The van der Waals surface area contributed by atoms with Gasteiger partial charge in [0.25, 0.3) is 0 Å². The van der Waals surface area contributed by atoms with Crippen LogP contribution in [0.15, 0.2) is 42.6 Å². The zero-order valence-electron chi connectivity index (χ0n) is 17.5. The first kappa shape index (κ1) is 20.1. The zero-order valence-corrected chi connectivity index (χ0v) is 18.3. The Morgan fingerprint density at radius 1 is 1.17 bits per heavy atom. The van der Waals surface area contributed by atoms with Crippen LogP contribution in [0.4, 0.5) is 9.80 Å². The highest BCUT2D eigenvalue weighted by atomic mass is 32.1. The molecule has 1 amide bonds. The fraction of sp³-hybridized carbons (Fsp3) is 0.261. The second kappa shape index (κ2) is 8.28. The lowest BCUT2D eigenvalue weighted by atomic mass is 10.1. The summed E-state index contributed by atoms with van der Waals surface area (Å²) in [6.45, 7) is 9.10. The smallest absolute Gasteiger partial charge is 0.412 e. The Hall–Kier alpha value is -3.19. The minimum absolute atomic E-state index is 0.195. The minimum atomic E-state index is -0.488. The molecular formula is C23H24N4O2S. The number of hydrogen-bond acceptors (Lipinski definition) is 5. The van der Waals surface area contributed by atoms with Crippen molar-refractivity contribution in [2.45, 2.75) is 40.8 Å². The van der Waals surface area contributed by atoms with Gasteiger partial charge in [-0.05, 0) is 51.0 Å². The molecule has 0 bridgehead atoms. The molecular weight excluding hydrogens is 396 g/mol. The maximum absolute atomic E-state index is 12.3. The quantitative estimate of drug-likeness (QED) is 0.439. The summed E-state index contributed by atoms with van der Waals surface area (Å²) in [6, 6.07) is 12.2. The van der Waals surface area contributed by atoms with Crippen LogP contribution in [0.3, 0.4) is 0 Å². The molecule has 4 aromatic rings. The molecule has 0 spiro atoms. The van der Waals surface area contributed by atoms with Gasteiger partial charge in [-0.1, -0.05) is 41.2 Å². The highest BCUT2D eigenvalue weighted by Crippen LogP contribution is 2.33. The van der Waals surface area contributed by atoms with Gasteiger partial charge in [0.05, 0.1) is 17.4 Å². The minimum Gasteiger partial charge on any atom is -0.444 e. The molecule has 0 saturated heterocycles. The van der Waals surface area contributed by atoms with Crippen LogP contribution in [0, 0.1) is 20.8 Å². The summed E-state index contributed by atoms with van der Waals surface area (Å²) >= 11 is 1.46. The van der Waals surface area contributed by atoms with Gasteiger partial charge >= 0.3 is 6.09 Å². The topological polar surface area (TPSA) is 69.0 Å². The summed E-state index contributed by atoms with van der Waals surface area (Å²) in [7, 11) is 0. The van der Waals surface area contributed by atoms with Gasteiger partial charge in [-0.3, -0.25) is 10.00 Å². The highest BCUT2D eigenvalue weighted by molar-refractivity contribution is 7.19. The molecule has 154 valence electrons. The third-order valence-corrected chi connectivity index (χ3v) is 6.11. The van der Waals surface area contributed by atoms with E-state index in [0.29, 0.717) is 5.00 Å². The number of amides is 1. The Bertz CT molecular complexity index is 1230. The molecule has 0 radical (unpaired) electrons. The number of aryl methyl sites for hydroxylation is 4. The van der Waals surface area contributed by atoms with E-state index in [0.717, 1.165) is 39.3 Å². The van der Waals surface area contributed by atoms with Crippen LogP contribution in [0.25, 0.3) is 21.5 Å². The van der Waals surface area contributed by atoms with Gasteiger partial charge in [0, 0.05) is 17.5 Å². The van der Waals surface area contributed by atoms with Crippen molar-refractivity contribution in [3.8, 4) is 10.6 Å². The van der Waals surface area contributed by atoms with E-state index in [1.54, 1.807) is 0 Å². The number of carbonyl (C=O) groups excluding carboxylic acids is 1. The standard InChI is InChI=1S/C23H24N4O2S/c1-5-27-20-9-7-17(11-18(20)12-24-27)13-29-23(28)26-21-16(4)25-22(30-21)19-8-6-14(2)10-15(19)3/h6-12H,5,13H2,1-4H3,(H,26,28). The van der Waals surface area contributed by atoms with Gasteiger partial charge < -0.3 is 4.74 Å².